The molecule has 1 N–H and O–H groups in total. The van der Waals surface area contributed by atoms with Crippen LogP contribution in [0.4, 0.5) is 0 Å². The van der Waals surface area contributed by atoms with E-state index in [1.165, 1.54) is 26.6 Å². The smallest absolute Gasteiger partial charge is 0.205 e. The van der Waals surface area contributed by atoms with Gasteiger partial charge < -0.3 is 19.0 Å². The van der Waals surface area contributed by atoms with E-state index in [2.05, 4.69) is 0 Å². The van der Waals surface area contributed by atoms with Crippen LogP contribution in [0, 0.1) is 11.3 Å². The molecule has 0 radical (unpaired) electrons. The van der Waals surface area contributed by atoms with Gasteiger partial charge in [-0.2, -0.15) is 5.26 Å². The number of carbonyl (C=O) groups is 1. The summed E-state index contributed by atoms with van der Waals surface area (Å²) < 4.78 is 15.8. The number of nitrogens with zero attached hydrogens (tertiary/aromatic N) is 1. The largest absolute Gasteiger partial charge is 0.504 e. The highest BCUT2D eigenvalue weighted by molar-refractivity contribution is 6.15. The van der Waals surface area contributed by atoms with Gasteiger partial charge in [-0.1, -0.05) is 18.2 Å². The summed E-state index contributed by atoms with van der Waals surface area (Å²) in [7, 11) is 2.78. The molecule has 1 aromatic heterocycles. The first-order valence-electron chi connectivity index (χ1n) is 7.67. The third kappa shape index (κ3) is 2.87. The highest BCUT2D eigenvalue weighted by atomic mass is 16.5. The first-order valence-corrected chi connectivity index (χ1v) is 7.67. The molecule has 0 unspecified atom stereocenters. The zero-order valence-electron chi connectivity index (χ0n) is 14.1. The fourth-order valence-electron chi connectivity index (χ4n) is 2.72. The number of nitriles is 1. The number of ketones is 1. The van der Waals surface area contributed by atoms with E-state index in [0.29, 0.717) is 22.1 Å². The second-order valence-corrected chi connectivity index (χ2v) is 5.39. The van der Waals surface area contributed by atoms with Crippen molar-refractivity contribution < 1.29 is 23.8 Å². The number of ether oxygens (including phenoxy) is 2. The number of methoxy groups -OCH3 is 2. The Morgan fingerprint density at radius 1 is 1.23 bits per heavy atom. The Bertz CT molecular complexity index is 1060. The second-order valence-electron chi connectivity index (χ2n) is 5.39. The minimum atomic E-state index is -0.469. The molecule has 1 heterocycles. The van der Waals surface area contributed by atoms with E-state index in [0.717, 1.165) is 0 Å². The summed E-state index contributed by atoms with van der Waals surface area (Å²) in [6.07, 6.45) is 4.29. The van der Waals surface area contributed by atoms with Crippen molar-refractivity contribution in [1.82, 2.24) is 0 Å². The summed E-state index contributed by atoms with van der Waals surface area (Å²) >= 11 is 0. The Labute approximate surface area is 149 Å². The van der Waals surface area contributed by atoms with Crippen molar-refractivity contribution in [2.45, 2.75) is 0 Å². The lowest BCUT2D eigenvalue weighted by Crippen LogP contribution is -2.02. The summed E-state index contributed by atoms with van der Waals surface area (Å²) in [6.45, 7) is 0. The maximum Gasteiger partial charge on any atom is 0.205 e. The number of allylic oxidation sites excluding steroid dienone is 1. The van der Waals surface area contributed by atoms with Crippen LogP contribution < -0.4 is 9.47 Å². The van der Waals surface area contributed by atoms with Gasteiger partial charge >= 0.3 is 0 Å². The van der Waals surface area contributed by atoms with E-state index in [4.69, 9.17) is 19.2 Å². The average molecular weight is 349 g/mol. The van der Waals surface area contributed by atoms with Gasteiger partial charge in [-0.15, -0.1) is 0 Å². The van der Waals surface area contributed by atoms with E-state index in [1.54, 1.807) is 36.4 Å². The molecular weight excluding hydrogens is 334 g/mol. The SMILES string of the molecule is COc1c(C(=O)/C=C/c2cccc(C#N)c2)c(O)c(OC)c2occc12. The lowest BCUT2D eigenvalue weighted by atomic mass is 10.0. The van der Waals surface area contributed by atoms with E-state index in [1.807, 2.05) is 6.07 Å². The lowest BCUT2D eigenvalue weighted by Gasteiger charge is -2.13. The van der Waals surface area contributed by atoms with Crippen molar-refractivity contribution in [2.75, 3.05) is 14.2 Å². The predicted molar refractivity (Wildman–Crippen MR) is 95.5 cm³/mol. The van der Waals surface area contributed by atoms with Gasteiger partial charge in [-0.05, 0) is 29.8 Å². The summed E-state index contributed by atoms with van der Waals surface area (Å²) in [4.78, 5) is 12.7. The third-order valence-electron chi connectivity index (χ3n) is 3.89. The Hall–Kier alpha value is -3.72. The van der Waals surface area contributed by atoms with Crippen molar-refractivity contribution in [2.24, 2.45) is 0 Å². The van der Waals surface area contributed by atoms with E-state index in [-0.39, 0.29) is 22.8 Å². The lowest BCUT2D eigenvalue weighted by molar-refractivity contribution is 0.104. The van der Waals surface area contributed by atoms with Gasteiger partial charge in [0.15, 0.2) is 17.1 Å². The van der Waals surface area contributed by atoms with Crippen LogP contribution in [0.5, 0.6) is 17.2 Å². The van der Waals surface area contributed by atoms with Crippen LogP contribution in [-0.4, -0.2) is 25.1 Å². The Morgan fingerprint density at radius 2 is 2.00 bits per heavy atom. The molecule has 0 aliphatic carbocycles. The molecule has 3 rings (SSSR count). The number of phenols is 1. The van der Waals surface area contributed by atoms with Crippen molar-refractivity contribution in [3.63, 3.8) is 0 Å². The van der Waals surface area contributed by atoms with Gasteiger partial charge in [0.05, 0.1) is 37.5 Å². The number of benzene rings is 2. The first kappa shape index (κ1) is 17.1. The van der Waals surface area contributed by atoms with Crippen molar-refractivity contribution >= 4 is 22.8 Å². The highest BCUT2D eigenvalue weighted by Crippen LogP contribution is 2.45. The quantitative estimate of drug-likeness (QED) is 0.554. The molecule has 0 saturated carbocycles. The molecule has 0 aliphatic heterocycles. The molecule has 26 heavy (non-hydrogen) atoms. The third-order valence-corrected chi connectivity index (χ3v) is 3.89. The van der Waals surface area contributed by atoms with Crippen LogP contribution in [0.3, 0.4) is 0 Å². The molecule has 0 spiro atoms. The van der Waals surface area contributed by atoms with Crippen molar-refractivity contribution in [3.05, 3.63) is 59.4 Å². The number of furan rings is 1. The predicted octanol–water partition coefficient (Wildman–Crippen LogP) is 3.92. The molecule has 0 bridgehead atoms. The van der Waals surface area contributed by atoms with Gasteiger partial charge in [0.1, 0.15) is 11.3 Å². The van der Waals surface area contributed by atoms with Crippen LogP contribution in [0.2, 0.25) is 0 Å². The van der Waals surface area contributed by atoms with E-state index in [9.17, 15) is 9.90 Å². The topological polar surface area (TPSA) is 92.7 Å². The fraction of sp³-hybridized carbons (Fsp3) is 0.100. The molecule has 3 aromatic rings. The molecule has 6 nitrogen and oxygen atoms in total. The van der Waals surface area contributed by atoms with Crippen LogP contribution >= 0.6 is 0 Å². The number of fused-ring (bicyclic) bond motifs is 1. The van der Waals surface area contributed by atoms with Crippen LogP contribution in [0.15, 0.2) is 47.1 Å². The maximum absolute atomic E-state index is 12.7. The molecular formula is C20H15NO5. The van der Waals surface area contributed by atoms with E-state index >= 15 is 0 Å². The normalized spacial score (nSPS) is 10.8. The van der Waals surface area contributed by atoms with Crippen molar-refractivity contribution in [3.8, 4) is 23.3 Å². The van der Waals surface area contributed by atoms with Crippen LogP contribution in [0.25, 0.3) is 17.0 Å². The Morgan fingerprint density at radius 3 is 2.69 bits per heavy atom. The molecule has 0 atom stereocenters. The number of hydrogen-bond donors (Lipinski definition) is 1. The minimum Gasteiger partial charge on any atom is -0.504 e. The molecule has 0 amide bonds. The molecule has 0 aliphatic rings. The van der Waals surface area contributed by atoms with E-state index < -0.39 is 5.78 Å². The standard InChI is InChI=1S/C20H15NO5/c1-24-18-14-8-9-26-19(14)20(25-2)17(23)16(18)15(22)7-6-12-4-3-5-13(10-12)11-21/h3-10,23H,1-2H3/b7-6+. The molecule has 6 heteroatoms. The number of rotatable bonds is 5. The number of phenolic OH excluding ortho intramolecular Hbond substituents is 1. The molecule has 2 aromatic carbocycles. The fourth-order valence-corrected chi connectivity index (χ4v) is 2.72. The Kier molecular flexibility index (Phi) is 4.63. The van der Waals surface area contributed by atoms with Gasteiger partial charge in [-0.3, -0.25) is 4.79 Å². The van der Waals surface area contributed by atoms with Gasteiger partial charge in [0.2, 0.25) is 5.75 Å². The van der Waals surface area contributed by atoms with Crippen LogP contribution in [-0.2, 0) is 0 Å². The summed E-state index contributed by atoms with van der Waals surface area (Å²) in [5, 5.41) is 20.0. The first-order chi connectivity index (χ1) is 12.6. The van der Waals surface area contributed by atoms with Crippen LogP contribution in [0.1, 0.15) is 21.5 Å². The zero-order chi connectivity index (χ0) is 18.7. The zero-order valence-corrected chi connectivity index (χ0v) is 14.1. The Balaban J connectivity index is 2.09. The number of carbonyl (C=O) groups excluding carboxylic acids is 1. The molecule has 0 saturated heterocycles. The van der Waals surface area contributed by atoms with Crippen molar-refractivity contribution in [1.29, 1.82) is 5.26 Å². The van der Waals surface area contributed by atoms with Gasteiger partial charge in [0, 0.05) is 0 Å². The highest BCUT2D eigenvalue weighted by Gasteiger charge is 2.26. The van der Waals surface area contributed by atoms with Gasteiger partial charge in [-0.25, -0.2) is 0 Å². The molecule has 0 fully saturated rings. The maximum atomic E-state index is 12.7. The second kappa shape index (κ2) is 7.03. The number of aromatic hydroxyl groups is 1. The monoisotopic (exact) mass is 349 g/mol. The minimum absolute atomic E-state index is 0.0223. The summed E-state index contributed by atoms with van der Waals surface area (Å²) in [5.74, 6) is -0.558. The summed E-state index contributed by atoms with van der Waals surface area (Å²) in [6, 6.07) is 10.5. The van der Waals surface area contributed by atoms with Gasteiger partial charge in [0.25, 0.3) is 0 Å². The number of hydrogen-bond acceptors (Lipinski definition) is 6. The molecule has 130 valence electrons. The summed E-state index contributed by atoms with van der Waals surface area (Å²) in [5.41, 5.74) is 1.45. The average Bonchev–Trinajstić information content (AvgIpc) is 3.14.